The number of hydrogen-bond donors (Lipinski definition) is 4. The Morgan fingerprint density at radius 2 is 1.06 bits per heavy atom. The van der Waals surface area contributed by atoms with Crippen molar-refractivity contribution in [3.63, 3.8) is 0 Å². The molecule has 348 valence electrons. The monoisotopic (exact) mass is 876 g/mol. The molecule has 3 amide bonds. The number of nitrogens with two attached hydrogens (primary N) is 1. The van der Waals surface area contributed by atoms with E-state index in [1.54, 1.807) is 0 Å². The number of amides is 3. The second-order valence-corrected chi connectivity index (χ2v) is 13.7. The van der Waals surface area contributed by atoms with Crippen LogP contribution in [0.15, 0.2) is 59.7 Å². The van der Waals surface area contributed by atoms with Crippen LogP contribution in [0.25, 0.3) is 10.4 Å². The highest BCUT2D eigenvalue weighted by Crippen LogP contribution is 2.12. The maximum atomic E-state index is 13.6. The van der Waals surface area contributed by atoms with Gasteiger partial charge in [-0.2, -0.15) is 0 Å². The molecule has 2 aromatic rings. The predicted octanol–water partition coefficient (Wildman–Crippen LogP) is 3.12. The normalized spacial score (nSPS) is 12.0. The van der Waals surface area contributed by atoms with Crippen LogP contribution in [0.3, 0.4) is 0 Å². The Morgan fingerprint density at radius 1 is 0.597 bits per heavy atom. The van der Waals surface area contributed by atoms with Crippen molar-refractivity contribution in [3.8, 4) is 0 Å². The van der Waals surface area contributed by atoms with Gasteiger partial charge in [-0.05, 0) is 56.0 Å². The van der Waals surface area contributed by atoms with Crippen LogP contribution >= 0.6 is 0 Å². The number of azide groups is 1. The van der Waals surface area contributed by atoms with Gasteiger partial charge in [0.1, 0.15) is 12.1 Å². The van der Waals surface area contributed by atoms with Crippen molar-refractivity contribution >= 4 is 23.4 Å². The van der Waals surface area contributed by atoms with E-state index in [9.17, 15) is 14.4 Å². The third-order valence-corrected chi connectivity index (χ3v) is 8.68. The molecule has 0 aliphatic carbocycles. The van der Waals surface area contributed by atoms with Crippen molar-refractivity contribution in [2.24, 2.45) is 10.8 Å². The zero-order chi connectivity index (χ0) is 44.6. The zero-order valence-corrected chi connectivity index (χ0v) is 36.3. The number of anilines is 1. The van der Waals surface area contributed by atoms with E-state index in [2.05, 4.69) is 26.0 Å². The minimum atomic E-state index is -0.903. The number of hydrogen-bond acceptors (Lipinski definition) is 14. The molecule has 0 unspecified atom stereocenters. The second-order valence-electron chi connectivity index (χ2n) is 13.7. The zero-order valence-electron chi connectivity index (χ0n) is 36.3. The summed E-state index contributed by atoms with van der Waals surface area (Å²) < 4.78 is 49.1. The quantitative estimate of drug-likeness (QED) is 0.0325. The summed E-state index contributed by atoms with van der Waals surface area (Å²) in [6.45, 7) is 10.1. The van der Waals surface area contributed by atoms with Crippen molar-refractivity contribution in [3.05, 3.63) is 76.2 Å². The highest BCUT2D eigenvalue weighted by molar-refractivity contribution is 5.98. The molecular weight excluding hydrogens is 807 g/mol. The fraction of sp³-hybridized carbons (Fsp3) is 0.651. The summed E-state index contributed by atoms with van der Waals surface area (Å²) >= 11 is 0. The Hall–Kier alpha value is -4.24. The molecule has 0 saturated heterocycles. The van der Waals surface area contributed by atoms with Gasteiger partial charge in [-0.3, -0.25) is 14.4 Å². The number of carbonyl (C=O) groups excluding carboxylic acids is 3. The smallest absolute Gasteiger partial charge is 0.246 e. The van der Waals surface area contributed by atoms with Crippen LogP contribution < -0.4 is 21.7 Å². The standard InChI is InChI=1S/C43H69N7O12/c1-36-10-12-38(13-11-36)47-42(52)39(9-5-6-15-44)49-43(53)40(35-37-7-3-2-4-8-37)48-41(51)14-17-54-19-21-56-23-25-58-27-29-60-31-33-62-34-32-61-30-28-59-26-24-57-22-20-55-18-16-46-50-45/h2-4,7-8,10-13,39-40H,5-6,9,14-35,44H2,1H3,(H,47,52)(H,48,51)(H,49,53)/t39-,40-/m0/s1. The predicted molar refractivity (Wildman–Crippen MR) is 233 cm³/mol. The number of carbonyl (C=O) groups is 3. The van der Waals surface area contributed by atoms with Gasteiger partial charge in [0.15, 0.2) is 0 Å². The summed E-state index contributed by atoms with van der Waals surface area (Å²) in [6.07, 6.45) is 2.06. The highest BCUT2D eigenvalue weighted by Gasteiger charge is 2.27. The molecule has 0 saturated carbocycles. The topological polar surface area (TPSA) is 245 Å². The summed E-state index contributed by atoms with van der Waals surface area (Å²) in [4.78, 5) is 42.5. The SMILES string of the molecule is Cc1ccc(NC(=O)[C@H](CCCCN)NC(=O)[C@H](Cc2ccccc2)NC(=O)CCOCCOCCOCCOCCOCCOCCOCCOCCOCCN=[N+]=[N-])cc1. The molecule has 0 radical (unpaired) electrons. The molecule has 62 heavy (non-hydrogen) atoms. The Bertz CT molecular complexity index is 1470. The summed E-state index contributed by atoms with van der Waals surface area (Å²) in [7, 11) is 0. The van der Waals surface area contributed by atoms with Crippen LogP contribution in [0.1, 0.15) is 36.8 Å². The Kier molecular flexibility index (Phi) is 33.4. The van der Waals surface area contributed by atoms with Gasteiger partial charge < -0.3 is 64.3 Å². The first-order chi connectivity index (χ1) is 30.4. The molecule has 0 bridgehead atoms. The third kappa shape index (κ3) is 29.9. The molecule has 0 heterocycles. The van der Waals surface area contributed by atoms with Gasteiger partial charge >= 0.3 is 0 Å². The van der Waals surface area contributed by atoms with E-state index >= 15 is 0 Å². The van der Waals surface area contributed by atoms with Gasteiger partial charge in [0.2, 0.25) is 17.7 Å². The maximum Gasteiger partial charge on any atom is 0.246 e. The molecule has 19 heteroatoms. The Labute approximate surface area is 365 Å². The lowest BCUT2D eigenvalue weighted by Gasteiger charge is -2.23. The van der Waals surface area contributed by atoms with E-state index in [1.165, 1.54) is 0 Å². The number of benzene rings is 2. The fourth-order valence-electron chi connectivity index (χ4n) is 5.40. The van der Waals surface area contributed by atoms with Crippen molar-refractivity contribution in [2.75, 3.05) is 137 Å². The number of nitrogens with zero attached hydrogens (tertiary/aromatic N) is 3. The van der Waals surface area contributed by atoms with Crippen LogP contribution in [0.2, 0.25) is 0 Å². The summed E-state index contributed by atoms with van der Waals surface area (Å²) in [5.74, 6) is -1.14. The first-order valence-electron chi connectivity index (χ1n) is 21.3. The maximum absolute atomic E-state index is 13.6. The molecule has 2 aromatic carbocycles. The fourth-order valence-corrected chi connectivity index (χ4v) is 5.40. The van der Waals surface area contributed by atoms with Crippen LogP contribution in [0.5, 0.6) is 0 Å². The molecule has 0 spiro atoms. The average molecular weight is 876 g/mol. The molecule has 0 aliphatic heterocycles. The Balaban J connectivity index is 1.48. The first-order valence-corrected chi connectivity index (χ1v) is 21.3. The molecule has 5 N–H and O–H groups in total. The van der Waals surface area contributed by atoms with Crippen LogP contribution in [0, 0.1) is 6.92 Å². The van der Waals surface area contributed by atoms with E-state index < -0.39 is 18.0 Å². The summed E-state index contributed by atoms with van der Waals surface area (Å²) in [6, 6.07) is 15.1. The molecule has 19 nitrogen and oxygen atoms in total. The van der Waals surface area contributed by atoms with Crippen molar-refractivity contribution in [1.82, 2.24) is 10.6 Å². The molecule has 0 aromatic heterocycles. The molecule has 2 rings (SSSR count). The van der Waals surface area contributed by atoms with Gasteiger partial charge in [0.25, 0.3) is 0 Å². The largest absolute Gasteiger partial charge is 0.379 e. The molecule has 2 atom stereocenters. The van der Waals surface area contributed by atoms with Gasteiger partial charge in [-0.1, -0.05) is 53.1 Å². The number of rotatable bonds is 41. The lowest BCUT2D eigenvalue weighted by molar-refractivity contribution is -0.131. The second kappa shape index (κ2) is 38.4. The summed E-state index contributed by atoms with van der Waals surface area (Å²) in [5, 5.41) is 12.0. The third-order valence-electron chi connectivity index (χ3n) is 8.68. The van der Waals surface area contributed by atoms with Crippen molar-refractivity contribution in [2.45, 2.75) is 51.1 Å². The number of ether oxygens (including phenoxy) is 9. The van der Waals surface area contributed by atoms with Gasteiger partial charge in [0.05, 0.1) is 119 Å². The van der Waals surface area contributed by atoms with E-state index in [-0.39, 0.29) is 31.3 Å². The average Bonchev–Trinajstić information content (AvgIpc) is 3.27. The van der Waals surface area contributed by atoms with E-state index in [4.69, 9.17) is 53.9 Å². The molecular formula is C43H69N7O12. The molecule has 0 aliphatic rings. The lowest BCUT2D eigenvalue weighted by atomic mass is 10.0. The lowest BCUT2D eigenvalue weighted by Crippen LogP contribution is -2.53. The van der Waals surface area contributed by atoms with Crippen LogP contribution in [0.4, 0.5) is 5.69 Å². The van der Waals surface area contributed by atoms with Crippen LogP contribution in [-0.2, 0) is 63.4 Å². The first kappa shape index (κ1) is 53.9. The van der Waals surface area contributed by atoms with Gasteiger partial charge in [-0.15, -0.1) is 0 Å². The molecule has 0 fully saturated rings. The number of aryl methyl sites for hydroxylation is 1. The number of unbranched alkanes of at least 4 members (excludes halogenated alkanes) is 1. The van der Waals surface area contributed by atoms with E-state index in [0.717, 1.165) is 11.1 Å². The highest BCUT2D eigenvalue weighted by atomic mass is 16.6. The Morgan fingerprint density at radius 3 is 1.53 bits per heavy atom. The van der Waals surface area contributed by atoms with Crippen molar-refractivity contribution < 1.29 is 57.0 Å². The van der Waals surface area contributed by atoms with Gasteiger partial charge in [-0.25, -0.2) is 0 Å². The van der Waals surface area contributed by atoms with Gasteiger partial charge in [0, 0.05) is 30.0 Å². The van der Waals surface area contributed by atoms with E-state index in [1.807, 2.05) is 61.5 Å². The minimum absolute atomic E-state index is 0.0455. The summed E-state index contributed by atoms with van der Waals surface area (Å²) in [5.41, 5.74) is 16.4. The minimum Gasteiger partial charge on any atom is -0.379 e. The van der Waals surface area contributed by atoms with E-state index in [0.29, 0.717) is 150 Å². The van der Waals surface area contributed by atoms with Crippen molar-refractivity contribution in [1.29, 1.82) is 0 Å². The van der Waals surface area contributed by atoms with Crippen LogP contribution in [-0.4, -0.2) is 162 Å². The number of nitrogens with one attached hydrogen (secondary N) is 3.